The van der Waals surface area contributed by atoms with Gasteiger partial charge in [0.2, 0.25) is 0 Å². The predicted octanol–water partition coefficient (Wildman–Crippen LogP) is 3.56. The molecule has 0 bridgehead atoms. The molecule has 1 aromatic carbocycles. The number of hydrogen-bond acceptors (Lipinski definition) is 8. The predicted molar refractivity (Wildman–Crippen MR) is 124 cm³/mol. The molecular weight excluding hydrogens is 571 g/mol. The minimum absolute atomic E-state index is 0.0210. The monoisotopic (exact) mass is 584 g/mol. The zero-order valence-electron chi connectivity index (χ0n) is 19.8. The third-order valence-corrected chi connectivity index (χ3v) is 5.76. The number of fused-ring (bicyclic) bond motifs is 1. The van der Waals surface area contributed by atoms with Gasteiger partial charge < -0.3 is 20.5 Å². The summed E-state index contributed by atoms with van der Waals surface area (Å²) < 4.78 is 76.9. The summed E-state index contributed by atoms with van der Waals surface area (Å²) in [6, 6.07) is 5.28. The van der Waals surface area contributed by atoms with Crippen molar-refractivity contribution in [2.75, 3.05) is 5.32 Å². The summed E-state index contributed by atoms with van der Waals surface area (Å²) in [6.45, 7) is 1.05. The Morgan fingerprint density at radius 3 is 2.62 bits per heavy atom. The van der Waals surface area contributed by atoms with Gasteiger partial charge in [0, 0.05) is 6.20 Å². The SMILES string of the molecule is Cc1cc2c(c(C(N)=O)c1NC(=O)c1cc(Cn3cc(C(F)(F)F)nn3)nn1-c1ncccc1Cl)OC(F)(F)O2. The summed E-state index contributed by atoms with van der Waals surface area (Å²) in [7, 11) is 0. The van der Waals surface area contributed by atoms with E-state index >= 15 is 0 Å². The molecule has 1 aliphatic heterocycles. The number of amides is 2. The van der Waals surface area contributed by atoms with Crippen molar-refractivity contribution in [1.29, 1.82) is 0 Å². The number of carbonyl (C=O) groups is 2. The van der Waals surface area contributed by atoms with Gasteiger partial charge in [-0.05, 0) is 36.8 Å². The Labute approximate surface area is 224 Å². The number of pyridine rings is 1. The molecule has 12 nitrogen and oxygen atoms in total. The van der Waals surface area contributed by atoms with Crippen molar-refractivity contribution < 1.29 is 41.0 Å². The van der Waals surface area contributed by atoms with Crippen molar-refractivity contribution in [3.05, 3.63) is 69.9 Å². The van der Waals surface area contributed by atoms with Crippen LogP contribution in [-0.4, -0.2) is 47.9 Å². The van der Waals surface area contributed by atoms with Gasteiger partial charge in [-0.3, -0.25) is 9.59 Å². The number of primary amides is 1. The fourth-order valence-corrected chi connectivity index (χ4v) is 4.02. The van der Waals surface area contributed by atoms with Gasteiger partial charge in [0.15, 0.2) is 23.0 Å². The van der Waals surface area contributed by atoms with Crippen LogP contribution in [0.4, 0.5) is 27.6 Å². The van der Waals surface area contributed by atoms with Gasteiger partial charge in [0.1, 0.15) is 11.3 Å². The fraction of sp³-hybridized carbons (Fsp3) is 0.182. The van der Waals surface area contributed by atoms with Crippen LogP contribution < -0.4 is 20.5 Å². The topological polar surface area (TPSA) is 152 Å². The van der Waals surface area contributed by atoms with E-state index in [2.05, 4.69) is 35.2 Å². The summed E-state index contributed by atoms with van der Waals surface area (Å²) in [5.41, 5.74) is 3.25. The highest BCUT2D eigenvalue weighted by atomic mass is 35.5. The van der Waals surface area contributed by atoms with Crippen molar-refractivity contribution in [3.63, 3.8) is 0 Å². The smallest absolute Gasteiger partial charge is 0.395 e. The van der Waals surface area contributed by atoms with E-state index in [9.17, 15) is 31.5 Å². The lowest BCUT2D eigenvalue weighted by atomic mass is 10.0. The Morgan fingerprint density at radius 1 is 1.23 bits per heavy atom. The van der Waals surface area contributed by atoms with Gasteiger partial charge in [-0.2, -0.15) is 18.3 Å². The highest BCUT2D eigenvalue weighted by Gasteiger charge is 2.46. The number of hydrogen-bond donors (Lipinski definition) is 2. The minimum Gasteiger partial charge on any atom is -0.395 e. The van der Waals surface area contributed by atoms with Crippen LogP contribution in [0.5, 0.6) is 11.5 Å². The standard InChI is InChI=1S/C22H14ClF5N8O4/c1-9-5-13-17(40-22(27,28)39-13)15(18(29)37)16(9)31-20(38)12-6-10(7-35-8-14(32-34-35)21(24,25)26)33-36(12)19-11(23)3-2-4-30-19/h2-6,8H,7H2,1H3,(H2,29,37)(H,31,38). The number of anilines is 1. The molecule has 18 heteroatoms. The lowest BCUT2D eigenvalue weighted by Gasteiger charge is -2.14. The molecule has 0 saturated heterocycles. The number of alkyl halides is 5. The molecule has 4 heterocycles. The third kappa shape index (κ3) is 4.97. The number of nitrogens with zero attached hydrogens (tertiary/aromatic N) is 6. The molecule has 0 fully saturated rings. The molecule has 5 rings (SSSR count). The van der Waals surface area contributed by atoms with E-state index in [-0.39, 0.29) is 40.0 Å². The van der Waals surface area contributed by atoms with Crippen molar-refractivity contribution in [1.82, 2.24) is 29.8 Å². The second kappa shape index (κ2) is 9.44. The van der Waals surface area contributed by atoms with Gasteiger partial charge in [-0.15, -0.1) is 13.9 Å². The number of nitrogens with one attached hydrogen (secondary N) is 1. The Morgan fingerprint density at radius 2 is 1.98 bits per heavy atom. The Hall–Kier alpha value is -4.80. The van der Waals surface area contributed by atoms with E-state index in [1.807, 2.05) is 0 Å². The Balaban J connectivity index is 1.55. The van der Waals surface area contributed by atoms with E-state index in [0.29, 0.717) is 6.20 Å². The Kier molecular flexibility index (Phi) is 6.32. The van der Waals surface area contributed by atoms with Crippen molar-refractivity contribution in [2.24, 2.45) is 5.73 Å². The Bertz CT molecular complexity index is 1670. The van der Waals surface area contributed by atoms with E-state index in [1.165, 1.54) is 31.3 Å². The molecular formula is C22H14ClF5N8O4. The maximum Gasteiger partial charge on any atom is 0.586 e. The second-order valence-corrected chi connectivity index (χ2v) is 8.70. The maximum absolute atomic E-state index is 13.7. The summed E-state index contributed by atoms with van der Waals surface area (Å²) in [5.74, 6) is -3.30. The molecule has 0 aliphatic carbocycles. The second-order valence-electron chi connectivity index (χ2n) is 8.30. The number of rotatable bonds is 6. The average Bonchev–Trinajstić information content (AvgIpc) is 3.56. The van der Waals surface area contributed by atoms with Crippen molar-refractivity contribution in [3.8, 4) is 17.3 Å². The van der Waals surface area contributed by atoms with Gasteiger partial charge in [0.25, 0.3) is 11.8 Å². The largest absolute Gasteiger partial charge is 0.586 e. The summed E-state index contributed by atoms with van der Waals surface area (Å²) >= 11 is 6.23. The number of benzene rings is 1. The molecule has 3 aromatic heterocycles. The van der Waals surface area contributed by atoms with Crippen LogP contribution >= 0.6 is 11.6 Å². The molecule has 1 aliphatic rings. The lowest BCUT2D eigenvalue weighted by Crippen LogP contribution is -2.26. The van der Waals surface area contributed by atoms with Gasteiger partial charge >= 0.3 is 12.5 Å². The third-order valence-electron chi connectivity index (χ3n) is 5.46. The molecule has 40 heavy (non-hydrogen) atoms. The van der Waals surface area contributed by atoms with E-state index < -0.39 is 47.0 Å². The van der Waals surface area contributed by atoms with E-state index in [0.717, 1.165) is 15.4 Å². The number of ether oxygens (including phenoxy) is 2. The number of aryl methyl sites for hydroxylation is 1. The van der Waals surface area contributed by atoms with Crippen LogP contribution in [0.2, 0.25) is 5.02 Å². The molecule has 0 saturated carbocycles. The van der Waals surface area contributed by atoms with Gasteiger partial charge in [-0.1, -0.05) is 16.8 Å². The molecule has 0 spiro atoms. The lowest BCUT2D eigenvalue weighted by molar-refractivity contribution is -0.286. The van der Waals surface area contributed by atoms with Gasteiger partial charge in [0.05, 0.1) is 29.1 Å². The molecule has 0 radical (unpaired) electrons. The number of halogens is 6. The molecule has 0 atom stereocenters. The fourth-order valence-electron chi connectivity index (χ4n) is 3.82. The number of aromatic nitrogens is 6. The van der Waals surface area contributed by atoms with Crippen molar-refractivity contribution in [2.45, 2.75) is 25.9 Å². The molecule has 208 valence electrons. The minimum atomic E-state index is -4.73. The average molecular weight is 585 g/mol. The van der Waals surface area contributed by atoms with Crippen LogP contribution in [0.25, 0.3) is 5.82 Å². The molecule has 2 amide bonds. The van der Waals surface area contributed by atoms with E-state index in [4.69, 9.17) is 17.3 Å². The first-order valence-electron chi connectivity index (χ1n) is 11.0. The highest BCUT2D eigenvalue weighted by molar-refractivity contribution is 6.32. The van der Waals surface area contributed by atoms with Crippen molar-refractivity contribution >= 4 is 29.1 Å². The summed E-state index contributed by atoms with van der Waals surface area (Å²) in [6.07, 6.45) is -6.80. The van der Waals surface area contributed by atoms with E-state index in [1.54, 1.807) is 0 Å². The number of carbonyl (C=O) groups excluding carboxylic acids is 2. The zero-order chi connectivity index (χ0) is 29.0. The first-order valence-corrected chi connectivity index (χ1v) is 11.3. The first-order chi connectivity index (χ1) is 18.7. The van der Waals surface area contributed by atoms with Gasteiger partial charge in [-0.25, -0.2) is 14.3 Å². The zero-order valence-corrected chi connectivity index (χ0v) is 20.6. The summed E-state index contributed by atoms with van der Waals surface area (Å²) in [4.78, 5) is 29.8. The van der Waals surface area contributed by atoms with Crippen LogP contribution in [0.1, 0.15) is 37.8 Å². The van der Waals surface area contributed by atoms with Crippen LogP contribution in [-0.2, 0) is 12.7 Å². The normalized spacial score (nSPS) is 13.9. The molecule has 4 aromatic rings. The van der Waals surface area contributed by atoms with Crippen LogP contribution in [0, 0.1) is 6.92 Å². The maximum atomic E-state index is 13.7. The first kappa shape index (κ1) is 26.8. The van der Waals surface area contributed by atoms with Crippen LogP contribution in [0.3, 0.4) is 0 Å². The summed E-state index contributed by atoms with van der Waals surface area (Å²) in [5, 5.41) is 13.2. The molecule has 3 N–H and O–H groups in total. The van der Waals surface area contributed by atoms with Crippen LogP contribution in [0.15, 0.2) is 36.7 Å². The highest BCUT2D eigenvalue weighted by Crippen LogP contribution is 2.47. The molecule has 0 unspecified atom stereocenters. The number of nitrogens with two attached hydrogens (primary N) is 1. The quantitative estimate of drug-likeness (QED) is 0.326.